The summed E-state index contributed by atoms with van der Waals surface area (Å²) in [5.41, 5.74) is 1.33. The molecule has 2 heterocycles. The maximum atomic E-state index is 12.7. The van der Waals surface area contributed by atoms with Crippen LogP contribution in [0.25, 0.3) is 16.9 Å². The van der Waals surface area contributed by atoms with Crippen molar-refractivity contribution in [2.45, 2.75) is 13.5 Å². The average molecular weight is 390 g/mol. The normalized spacial score (nSPS) is 10.8. The fourth-order valence-corrected chi connectivity index (χ4v) is 2.86. The second-order valence-corrected chi connectivity index (χ2v) is 6.19. The van der Waals surface area contributed by atoms with Gasteiger partial charge >= 0.3 is 0 Å². The Balaban J connectivity index is 1.58. The van der Waals surface area contributed by atoms with Gasteiger partial charge in [0, 0.05) is 5.69 Å². The van der Waals surface area contributed by atoms with Crippen LogP contribution in [0.1, 0.15) is 6.92 Å². The van der Waals surface area contributed by atoms with Crippen LogP contribution >= 0.6 is 0 Å². The van der Waals surface area contributed by atoms with Gasteiger partial charge in [-0.2, -0.15) is 4.68 Å². The second kappa shape index (κ2) is 7.93. The van der Waals surface area contributed by atoms with Crippen LogP contribution in [0, 0.1) is 0 Å². The molecule has 0 fully saturated rings. The van der Waals surface area contributed by atoms with Crippen molar-refractivity contribution in [2.75, 3.05) is 11.9 Å². The topological polar surface area (TPSA) is 104 Å². The Morgan fingerprint density at radius 1 is 1.10 bits per heavy atom. The molecule has 1 N–H and O–H groups in total. The molecule has 0 saturated carbocycles. The zero-order chi connectivity index (χ0) is 20.2. The predicted octanol–water partition coefficient (Wildman–Crippen LogP) is 2.01. The third-order valence-corrected chi connectivity index (χ3v) is 4.19. The average Bonchev–Trinajstić information content (AvgIpc) is 3.16. The zero-order valence-corrected chi connectivity index (χ0v) is 15.6. The highest BCUT2D eigenvalue weighted by Crippen LogP contribution is 2.17. The van der Waals surface area contributed by atoms with Gasteiger partial charge < -0.3 is 10.1 Å². The Morgan fingerprint density at radius 3 is 2.59 bits per heavy atom. The van der Waals surface area contributed by atoms with Gasteiger partial charge in [-0.25, -0.2) is 4.98 Å². The summed E-state index contributed by atoms with van der Waals surface area (Å²) in [6, 6.07) is 16.2. The number of rotatable bonds is 6. The van der Waals surface area contributed by atoms with Crippen molar-refractivity contribution in [1.82, 2.24) is 24.5 Å². The molecule has 0 radical (unpaired) electrons. The molecule has 9 nitrogen and oxygen atoms in total. The highest BCUT2D eigenvalue weighted by Gasteiger charge is 2.15. The molecule has 0 spiro atoms. The monoisotopic (exact) mass is 390 g/mol. The summed E-state index contributed by atoms with van der Waals surface area (Å²) >= 11 is 0. The molecule has 0 atom stereocenters. The minimum Gasteiger partial charge on any atom is -0.494 e. The number of fused-ring (bicyclic) bond motifs is 1. The molecular weight excluding hydrogens is 372 g/mol. The van der Waals surface area contributed by atoms with Crippen LogP contribution in [-0.2, 0) is 11.3 Å². The van der Waals surface area contributed by atoms with E-state index >= 15 is 0 Å². The van der Waals surface area contributed by atoms with Crippen LogP contribution in [0.15, 0.2) is 65.7 Å². The van der Waals surface area contributed by atoms with Crippen LogP contribution in [0.5, 0.6) is 5.75 Å². The lowest BCUT2D eigenvalue weighted by molar-refractivity contribution is -0.116. The number of benzene rings is 2. The second-order valence-electron chi connectivity index (χ2n) is 6.19. The number of carbonyl (C=O) groups is 1. The minimum absolute atomic E-state index is 0.0916. The standard InChI is InChI=1S/C20H18N6O3/c1-2-29-16-10-8-15(9-11-16)26-19-18(23-24-26)20(28)25(13-21-19)12-17(27)22-14-6-4-3-5-7-14/h3-11,13H,2,12H2,1H3,(H,22,27). The minimum atomic E-state index is -0.435. The van der Waals surface area contributed by atoms with E-state index in [0.29, 0.717) is 23.6 Å². The Hall–Kier alpha value is -4.01. The van der Waals surface area contributed by atoms with Gasteiger partial charge in [0.1, 0.15) is 18.6 Å². The van der Waals surface area contributed by atoms with Crippen LogP contribution in [0.4, 0.5) is 5.69 Å². The summed E-state index contributed by atoms with van der Waals surface area (Å²) < 4.78 is 8.11. The third-order valence-electron chi connectivity index (χ3n) is 4.19. The molecule has 1 amide bonds. The van der Waals surface area contributed by atoms with Gasteiger partial charge in [0.25, 0.3) is 5.56 Å². The highest BCUT2D eigenvalue weighted by atomic mass is 16.5. The Labute approximate surface area is 165 Å². The highest BCUT2D eigenvalue weighted by molar-refractivity contribution is 5.90. The van der Waals surface area contributed by atoms with E-state index in [4.69, 9.17) is 4.74 Å². The van der Waals surface area contributed by atoms with E-state index in [1.54, 1.807) is 24.3 Å². The number of aromatic nitrogens is 5. The number of anilines is 1. The molecular formula is C20H18N6O3. The summed E-state index contributed by atoms with van der Waals surface area (Å²) in [4.78, 5) is 29.2. The van der Waals surface area contributed by atoms with Crippen LogP contribution in [0.2, 0.25) is 0 Å². The van der Waals surface area contributed by atoms with E-state index in [9.17, 15) is 9.59 Å². The van der Waals surface area contributed by atoms with Crippen molar-refractivity contribution in [3.05, 3.63) is 71.3 Å². The number of para-hydroxylation sites is 1. The van der Waals surface area contributed by atoms with Crippen molar-refractivity contribution < 1.29 is 9.53 Å². The molecule has 146 valence electrons. The van der Waals surface area contributed by atoms with E-state index in [2.05, 4.69) is 20.6 Å². The first-order valence-electron chi connectivity index (χ1n) is 9.04. The van der Waals surface area contributed by atoms with E-state index in [1.807, 2.05) is 37.3 Å². The van der Waals surface area contributed by atoms with Gasteiger partial charge in [-0.15, -0.1) is 5.10 Å². The number of amides is 1. The van der Waals surface area contributed by atoms with Crippen LogP contribution in [0.3, 0.4) is 0 Å². The third kappa shape index (κ3) is 3.84. The number of ether oxygens (including phenoxy) is 1. The first-order valence-corrected chi connectivity index (χ1v) is 9.04. The number of carbonyl (C=O) groups excluding carboxylic acids is 1. The molecule has 9 heteroatoms. The van der Waals surface area contributed by atoms with Crippen molar-refractivity contribution in [2.24, 2.45) is 0 Å². The molecule has 29 heavy (non-hydrogen) atoms. The first kappa shape index (κ1) is 18.4. The SMILES string of the molecule is CCOc1ccc(-n2nnc3c(=O)n(CC(=O)Nc4ccccc4)cnc32)cc1. The molecule has 0 aliphatic carbocycles. The van der Waals surface area contributed by atoms with Gasteiger partial charge in [-0.05, 0) is 43.3 Å². The maximum absolute atomic E-state index is 12.7. The van der Waals surface area contributed by atoms with Crippen molar-refractivity contribution in [3.8, 4) is 11.4 Å². The number of hydrogen-bond donors (Lipinski definition) is 1. The predicted molar refractivity (Wildman–Crippen MR) is 107 cm³/mol. The van der Waals surface area contributed by atoms with Gasteiger partial charge in [0.15, 0.2) is 11.2 Å². The van der Waals surface area contributed by atoms with E-state index in [0.717, 1.165) is 5.75 Å². The van der Waals surface area contributed by atoms with E-state index < -0.39 is 5.56 Å². The van der Waals surface area contributed by atoms with Gasteiger partial charge in [0.05, 0.1) is 12.3 Å². The van der Waals surface area contributed by atoms with Gasteiger partial charge in [-0.1, -0.05) is 23.4 Å². The summed E-state index contributed by atoms with van der Waals surface area (Å²) in [5.74, 6) is 0.402. The summed E-state index contributed by atoms with van der Waals surface area (Å²) in [6.07, 6.45) is 1.32. The van der Waals surface area contributed by atoms with Crippen LogP contribution in [-0.4, -0.2) is 37.1 Å². The quantitative estimate of drug-likeness (QED) is 0.540. The van der Waals surface area contributed by atoms with Crippen molar-refractivity contribution in [3.63, 3.8) is 0 Å². The lowest BCUT2D eigenvalue weighted by Crippen LogP contribution is -2.28. The van der Waals surface area contributed by atoms with Crippen molar-refractivity contribution in [1.29, 1.82) is 0 Å². The van der Waals surface area contributed by atoms with Gasteiger partial charge in [0.2, 0.25) is 5.91 Å². The summed E-state index contributed by atoms with van der Waals surface area (Å²) in [7, 11) is 0. The maximum Gasteiger partial charge on any atom is 0.284 e. The molecule has 0 saturated heterocycles. The molecule has 0 bridgehead atoms. The fraction of sp³-hybridized carbons (Fsp3) is 0.150. The molecule has 2 aromatic heterocycles. The van der Waals surface area contributed by atoms with E-state index in [-0.39, 0.29) is 18.0 Å². The number of hydrogen-bond acceptors (Lipinski definition) is 6. The molecule has 0 unspecified atom stereocenters. The lowest BCUT2D eigenvalue weighted by Gasteiger charge is -2.07. The summed E-state index contributed by atoms with van der Waals surface area (Å²) in [5, 5.41) is 10.7. The molecule has 0 aliphatic rings. The molecule has 4 aromatic rings. The Bertz CT molecular complexity index is 1200. The summed E-state index contributed by atoms with van der Waals surface area (Å²) in [6.45, 7) is 2.31. The zero-order valence-electron chi connectivity index (χ0n) is 15.6. The lowest BCUT2D eigenvalue weighted by atomic mass is 10.3. The first-order chi connectivity index (χ1) is 14.2. The smallest absolute Gasteiger partial charge is 0.284 e. The molecule has 0 aliphatic heterocycles. The number of nitrogens with one attached hydrogen (secondary N) is 1. The van der Waals surface area contributed by atoms with E-state index in [1.165, 1.54) is 15.6 Å². The molecule has 4 rings (SSSR count). The fourth-order valence-electron chi connectivity index (χ4n) is 2.86. The largest absolute Gasteiger partial charge is 0.494 e. The van der Waals surface area contributed by atoms with Gasteiger partial charge in [-0.3, -0.25) is 14.2 Å². The van der Waals surface area contributed by atoms with Crippen molar-refractivity contribution >= 4 is 22.8 Å². The Kier molecular flexibility index (Phi) is 5.02. The molecule has 2 aromatic carbocycles. The number of nitrogens with zero attached hydrogens (tertiary/aromatic N) is 5. The van der Waals surface area contributed by atoms with Crippen LogP contribution < -0.4 is 15.6 Å². The Morgan fingerprint density at radius 2 is 1.86 bits per heavy atom.